The first-order valence-corrected chi connectivity index (χ1v) is 7.22. The monoisotopic (exact) mass is 271 g/mol. The van der Waals surface area contributed by atoms with Gasteiger partial charge in [0, 0.05) is 31.3 Å². The van der Waals surface area contributed by atoms with Crippen molar-refractivity contribution in [1.82, 2.24) is 19.5 Å². The molecule has 0 aromatic carbocycles. The normalized spacial score (nSPS) is 16.4. The number of rotatable bonds is 5. The number of hydrogen-bond donors (Lipinski definition) is 1. The molecule has 0 radical (unpaired) electrons. The Morgan fingerprint density at radius 3 is 2.65 bits per heavy atom. The van der Waals surface area contributed by atoms with Gasteiger partial charge in [-0.1, -0.05) is 13.8 Å². The minimum atomic E-state index is 0.206. The van der Waals surface area contributed by atoms with E-state index in [0.29, 0.717) is 17.8 Å². The molecule has 0 amide bonds. The predicted octanol–water partition coefficient (Wildman–Crippen LogP) is 2.90. The Hall–Kier alpha value is -1.91. The molecule has 2 aromatic heterocycles. The first-order chi connectivity index (χ1) is 9.65. The molecular weight excluding hydrogens is 250 g/mol. The van der Waals surface area contributed by atoms with E-state index in [2.05, 4.69) is 38.7 Å². The van der Waals surface area contributed by atoms with E-state index < -0.39 is 0 Å². The van der Waals surface area contributed by atoms with E-state index in [1.54, 1.807) is 0 Å². The number of nitrogens with one attached hydrogen (secondary N) is 1. The molecule has 1 saturated carbocycles. The average Bonchev–Trinajstić information content (AvgIpc) is 3.19. The molecule has 0 spiro atoms. The molecule has 1 atom stereocenters. The molecule has 1 unspecified atom stereocenters. The maximum absolute atomic E-state index is 4.60. The molecule has 1 aliphatic rings. The van der Waals surface area contributed by atoms with Gasteiger partial charge >= 0.3 is 0 Å². The van der Waals surface area contributed by atoms with Gasteiger partial charge < -0.3 is 9.88 Å². The fraction of sp³-hybridized carbons (Fsp3) is 0.533. The molecule has 3 rings (SSSR count). The largest absolute Gasteiger partial charge is 0.344 e. The second-order valence-corrected chi connectivity index (χ2v) is 5.82. The van der Waals surface area contributed by atoms with Crippen molar-refractivity contribution < 1.29 is 0 Å². The van der Waals surface area contributed by atoms with Crippen molar-refractivity contribution in [2.75, 3.05) is 5.32 Å². The second kappa shape index (κ2) is 5.23. The molecule has 2 heterocycles. The maximum Gasteiger partial charge on any atom is 0.223 e. The molecule has 2 aromatic rings. The highest BCUT2D eigenvalue weighted by Gasteiger charge is 2.35. The van der Waals surface area contributed by atoms with Crippen LogP contribution in [0, 0.1) is 5.92 Å². The zero-order valence-electron chi connectivity index (χ0n) is 12.2. The summed E-state index contributed by atoms with van der Waals surface area (Å²) in [6.45, 7) is 4.28. The van der Waals surface area contributed by atoms with E-state index in [1.807, 2.05) is 31.7 Å². The standard InChI is InChI=1S/C15H21N5/c1-10(2)12-6-7-17-15(18-12)19-13(11-4-5-11)14-16-8-9-20(14)3/h6-11,13H,4-5H2,1-3H3,(H,17,18,19). The number of nitrogens with zero attached hydrogens (tertiary/aromatic N) is 4. The molecule has 20 heavy (non-hydrogen) atoms. The summed E-state index contributed by atoms with van der Waals surface area (Å²) in [7, 11) is 2.03. The lowest BCUT2D eigenvalue weighted by molar-refractivity contribution is 0.600. The van der Waals surface area contributed by atoms with Crippen LogP contribution < -0.4 is 5.32 Å². The van der Waals surface area contributed by atoms with Crippen LogP contribution in [0.15, 0.2) is 24.7 Å². The van der Waals surface area contributed by atoms with Crippen LogP contribution in [0.1, 0.15) is 50.2 Å². The van der Waals surface area contributed by atoms with Crippen LogP contribution in [0.3, 0.4) is 0 Å². The van der Waals surface area contributed by atoms with Gasteiger partial charge in [-0.15, -0.1) is 0 Å². The van der Waals surface area contributed by atoms with Gasteiger partial charge in [0.25, 0.3) is 0 Å². The molecule has 1 N–H and O–H groups in total. The van der Waals surface area contributed by atoms with Crippen LogP contribution in [0.4, 0.5) is 5.95 Å². The quantitative estimate of drug-likeness (QED) is 0.908. The third kappa shape index (κ3) is 2.66. The van der Waals surface area contributed by atoms with Gasteiger partial charge in [-0.25, -0.2) is 15.0 Å². The summed E-state index contributed by atoms with van der Waals surface area (Å²) in [6, 6.07) is 2.18. The first-order valence-electron chi connectivity index (χ1n) is 7.22. The van der Waals surface area contributed by atoms with E-state index in [1.165, 1.54) is 12.8 Å². The smallest absolute Gasteiger partial charge is 0.223 e. The summed E-state index contributed by atoms with van der Waals surface area (Å²) < 4.78 is 2.07. The van der Waals surface area contributed by atoms with E-state index >= 15 is 0 Å². The Balaban J connectivity index is 1.84. The number of aromatic nitrogens is 4. The molecule has 5 heteroatoms. The van der Waals surface area contributed by atoms with E-state index in [0.717, 1.165) is 11.5 Å². The minimum absolute atomic E-state index is 0.206. The molecule has 0 aliphatic heterocycles. The fourth-order valence-electron chi connectivity index (χ4n) is 2.40. The van der Waals surface area contributed by atoms with Crippen molar-refractivity contribution in [2.24, 2.45) is 13.0 Å². The third-order valence-corrected chi connectivity index (χ3v) is 3.78. The Kier molecular flexibility index (Phi) is 3.42. The Morgan fingerprint density at radius 1 is 1.25 bits per heavy atom. The van der Waals surface area contributed by atoms with Crippen molar-refractivity contribution in [1.29, 1.82) is 0 Å². The van der Waals surface area contributed by atoms with E-state index in [-0.39, 0.29) is 6.04 Å². The fourth-order valence-corrected chi connectivity index (χ4v) is 2.40. The van der Waals surface area contributed by atoms with Crippen molar-refractivity contribution in [3.05, 3.63) is 36.2 Å². The van der Waals surface area contributed by atoms with Gasteiger partial charge in [-0.2, -0.15) is 0 Å². The molecule has 0 saturated heterocycles. The molecule has 0 bridgehead atoms. The van der Waals surface area contributed by atoms with Gasteiger partial charge in [0.2, 0.25) is 5.95 Å². The highest BCUT2D eigenvalue weighted by Crippen LogP contribution is 2.41. The highest BCUT2D eigenvalue weighted by atomic mass is 15.2. The lowest BCUT2D eigenvalue weighted by Gasteiger charge is -2.18. The van der Waals surface area contributed by atoms with E-state index in [4.69, 9.17) is 0 Å². The molecular formula is C15H21N5. The van der Waals surface area contributed by atoms with Crippen molar-refractivity contribution in [3.63, 3.8) is 0 Å². The van der Waals surface area contributed by atoms with Crippen molar-refractivity contribution in [3.8, 4) is 0 Å². The Bertz CT molecular complexity index is 585. The maximum atomic E-state index is 4.60. The summed E-state index contributed by atoms with van der Waals surface area (Å²) >= 11 is 0. The van der Waals surface area contributed by atoms with Gasteiger partial charge in [-0.3, -0.25) is 0 Å². The van der Waals surface area contributed by atoms with Crippen LogP contribution in [0.2, 0.25) is 0 Å². The molecule has 1 aliphatic carbocycles. The van der Waals surface area contributed by atoms with Gasteiger partial charge in [0.1, 0.15) is 5.82 Å². The summed E-state index contributed by atoms with van der Waals surface area (Å²) in [5.74, 6) is 2.82. The van der Waals surface area contributed by atoms with Crippen molar-refractivity contribution in [2.45, 2.75) is 38.6 Å². The van der Waals surface area contributed by atoms with Crippen LogP contribution in [0.25, 0.3) is 0 Å². The summed E-state index contributed by atoms with van der Waals surface area (Å²) in [5.41, 5.74) is 1.07. The topological polar surface area (TPSA) is 55.6 Å². The van der Waals surface area contributed by atoms with Gasteiger partial charge in [0.15, 0.2) is 0 Å². The first kappa shape index (κ1) is 13.1. The lowest BCUT2D eigenvalue weighted by Crippen LogP contribution is -2.19. The zero-order valence-corrected chi connectivity index (χ0v) is 12.2. The SMILES string of the molecule is CC(C)c1ccnc(NC(c2nccn2C)C2CC2)n1. The summed E-state index contributed by atoms with van der Waals surface area (Å²) in [6.07, 6.45) is 8.14. The van der Waals surface area contributed by atoms with Gasteiger partial charge in [-0.05, 0) is 30.7 Å². The molecule has 106 valence electrons. The number of aryl methyl sites for hydroxylation is 1. The van der Waals surface area contributed by atoms with Crippen molar-refractivity contribution >= 4 is 5.95 Å². The molecule has 5 nitrogen and oxygen atoms in total. The minimum Gasteiger partial charge on any atom is -0.344 e. The van der Waals surface area contributed by atoms with Crippen LogP contribution in [-0.4, -0.2) is 19.5 Å². The molecule has 1 fully saturated rings. The summed E-state index contributed by atoms with van der Waals surface area (Å²) in [4.78, 5) is 13.4. The number of imidazole rings is 1. The predicted molar refractivity (Wildman–Crippen MR) is 78.4 cm³/mol. The Labute approximate surface area is 119 Å². The third-order valence-electron chi connectivity index (χ3n) is 3.78. The second-order valence-electron chi connectivity index (χ2n) is 5.82. The van der Waals surface area contributed by atoms with Crippen LogP contribution in [0.5, 0.6) is 0 Å². The number of hydrogen-bond acceptors (Lipinski definition) is 4. The number of anilines is 1. The van der Waals surface area contributed by atoms with Gasteiger partial charge in [0.05, 0.1) is 6.04 Å². The Morgan fingerprint density at radius 2 is 2.05 bits per heavy atom. The average molecular weight is 271 g/mol. The van der Waals surface area contributed by atoms with E-state index in [9.17, 15) is 0 Å². The lowest BCUT2D eigenvalue weighted by atomic mass is 10.1. The highest BCUT2D eigenvalue weighted by molar-refractivity contribution is 5.30. The summed E-state index contributed by atoms with van der Waals surface area (Å²) in [5, 5.41) is 3.47. The van der Waals surface area contributed by atoms with Crippen LogP contribution in [-0.2, 0) is 7.05 Å². The zero-order chi connectivity index (χ0) is 14.1. The van der Waals surface area contributed by atoms with Crippen LogP contribution >= 0.6 is 0 Å².